The van der Waals surface area contributed by atoms with E-state index in [4.69, 9.17) is 15.2 Å². The summed E-state index contributed by atoms with van der Waals surface area (Å²) in [5, 5.41) is 0. The number of rotatable bonds is 4. The van der Waals surface area contributed by atoms with Gasteiger partial charge >= 0.3 is 5.97 Å². The Morgan fingerprint density at radius 1 is 1.64 bits per heavy atom. The number of hydrogen-bond acceptors (Lipinski definition) is 4. The highest BCUT2D eigenvalue weighted by atomic mass is 16.6. The molecule has 1 aliphatic rings. The maximum absolute atomic E-state index is 11.5. The summed E-state index contributed by atoms with van der Waals surface area (Å²) in [4.78, 5) is 11.5. The Kier molecular flexibility index (Phi) is 3.89. The van der Waals surface area contributed by atoms with Gasteiger partial charge in [-0.2, -0.15) is 0 Å². The van der Waals surface area contributed by atoms with E-state index in [0.29, 0.717) is 13.2 Å². The van der Waals surface area contributed by atoms with E-state index in [1.165, 1.54) is 0 Å². The smallest absolute Gasteiger partial charge is 0.312 e. The number of hydrogen-bond donors (Lipinski definition) is 1. The van der Waals surface area contributed by atoms with Crippen molar-refractivity contribution in [3.63, 3.8) is 0 Å². The molecule has 0 aromatic carbocycles. The maximum Gasteiger partial charge on any atom is 0.312 e. The Balaban J connectivity index is 2.26. The summed E-state index contributed by atoms with van der Waals surface area (Å²) in [6.07, 6.45) is 2.13. The normalized spacial score (nSPS) is 22.4. The SMILES string of the molecule is CC(C)(CN)C(=O)OCC1CCCO1. The summed E-state index contributed by atoms with van der Waals surface area (Å²) in [7, 11) is 0. The van der Waals surface area contributed by atoms with Gasteiger partial charge in [-0.05, 0) is 26.7 Å². The Morgan fingerprint density at radius 2 is 2.36 bits per heavy atom. The standard InChI is InChI=1S/C10H19NO3/c1-10(2,7-11)9(12)14-6-8-4-3-5-13-8/h8H,3-7,11H2,1-2H3. The van der Waals surface area contributed by atoms with Crippen LogP contribution in [0, 0.1) is 5.41 Å². The molecule has 0 spiro atoms. The van der Waals surface area contributed by atoms with Crippen LogP contribution < -0.4 is 5.73 Å². The zero-order valence-corrected chi connectivity index (χ0v) is 8.91. The Morgan fingerprint density at radius 3 is 2.86 bits per heavy atom. The van der Waals surface area contributed by atoms with Crippen LogP contribution in [0.3, 0.4) is 0 Å². The van der Waals surface area contributed by atoms with E-state index in [2.05, 4.69) is 0 Å². The molecule has 0 amide bonds. The molecule has 0 bridgehead atoms. The van der Waals surface area contributed by atoms with E-state index in [0.717, 1.165) is 19.4 Å². The zero-order valence-electron chi connectivity index (χ0n) is 8.91. The molecule has 0 saturated carbocycles. The van der Waals surface area contributed by atoms with E-state index in [1.807, 2.05) is 0 Å². The first-order chi connectivity index (χ1) is 6.56. The largest absolute Gasteiger partial charge is 0.462 e. The van der Waals surface area contributed by atoms with Gasteiger partial charge < -0.3 is 15.2 Å². The number of ether oxygens (including phenoxy) is 2. The fourth-order valence-corrected chi connectivity index (χ4v) is 1.22. The van der Waals surface area contributed by atoms with Crippen molar-refractivity contribution >= 4 is 5.97 Å². The molecule has 4 heteroatoms. The topological polar surface area (TPSA) is 61.6 Å². The van der Waals surface area contributed by atoms with Crippen molar-refractivity contribution in [2.24, 2.45) is 11.1 Å². The van der Waals surface area contributed by atoms with Crippen LogP contribution in [-0.2, 0) is 14.3 Å². The molecule has 1 atom stereocenters. The third kappa shape index (κ3) is 2.96. The van der Waals surface area contributed by atoms with Gasteiger partial charge in [-0.25, -0.2) is 0 Å². The summed E-state index contributed by atoms with van der Waals surface area (Å²) < 4.78 is 10.5. The number of carbonyl (C=O) groups is 1. The van der Waals surface area contributed by atoms with Gasteiger partial charge in [0.05, 0.1) is 11.5 Å². The Bertz CT molecular complexity index is 198. The summed E-state index contributed by atoms with van der Waals surface area (Å²) in [6.45, 7) is 5.01. The van der Waals surface area contributed by atoms with Gasteiger partial charge in [-0.15, -0.1) is 0 Å². The van der Waals surface area contributed by atoms with Crippen molar-refractivity contribution in [3.8, 4) is 0 Å². The average molecular weight is 201 g/mol. The molecule has 82 valence electrons. The Labute approximate surface area is 84.7 Å². The van der Waals surface area contributed by atoms with Crippen molar-refractivity contribution in [2.45, 2.75) is 32.8 Å². The molecule has 2 N–H and O–H groups in total. The number of carbonyl (C=O) groups excluding carboxylic acids is 1. The summed E-state index contributed by atoms with van der Waals surface area (Å²) in [5.41, 5.74) is 4.87. The molecule has 1 heterocycles. The second-order valence-corrected chi connectivity index (χ2v) is 4.32. The quantitative estimate of drug-likeness (QED) is 0.680. The zero-order chi connectivity index (χ0) is 10.6. The maximum atomic E-state index is 11.5. The molecule has 1 rings (SSSR count). The minimum atomic E-state index is -0.585. The second kappa shape index (κ2) is 4.75. The van der Waals surface area contributed by atoms with Gasteiger partial charge in [0.2, 0.25) is 0 Å². The van der Waals surface area contributed by atoms with E-state index in [9.17, 15) is 4.79 Å². The highest BCUT2D eigenvalue weighted by Gasteiger charge is 2.28. The highest BCUT2D eigenvalue weighted by molar-refractivity contribution is 5.76. The van der Waals surface area contributed by atoms with Crippen LogP contribution in [0.25, 0.3) is 0 Å². The van der Waals surface area contributed by atoms with Crippen molar-refractivity contribution in [2.75, 3.05) is 19.8 Å². The van der Waals surface area contributed by atoms with Gasteiger partial charge in [0.15, 0.2) is 0 Å². The lowest BCUT2D eigenvalue weighted by Gasteiger charge is -2.21. The van der Waals surface area contributed by atoms with Crippen LogP contribution in [0.15, 0.2) is 0 Å². The molecule has 1 saturated heterocycles. The second-order valence-electron chi connectivity index (χ2n) is 4.32. The van der Waals surface area contributed by atoms with Crippen LogP contribution in [0.2, 0.25) is 0 Å². The van der Waals surface area contributed by atoms with Gasteiger partial charge in [-0.3, -0.25) is 4.79 Å². The molecule has 1 unspecified atom stereocenters. The Hall–Kier alpha value is -0.610. The van der Waals surface area contributed by atoms with E-state index >= 15 is 0 Å². The van der Waals surface area contributed by atoms with E-state index < -0.39 is 5.41 Å². The molecule has 0 aromatic rings. The first-order valence-corrected chi connectivity index (χ1v) is 5.05. The molecule has 0 radical (unpaired) electrons. The van der Waals surface area contributed by atoms with Crippen molar-refractivity contribution in [3.05, 3.63) is 0 Å². The molecule has 1 aliphatic heterocycles. The third-order valence-electron chi connectivity index (χ3n) is 2.49. The summed E-state index contributed by atoms with van der Waals surface area (Å²) in [5.74, 6) is -0.240. The molecular formula is C10H19NO3. The van der Waals surface area contributed by atoms with Crippen molar-refractivity contribution in [1.82, 2.24) is 0 Å². The van der Waals surface area contributed by atoms with Gasteiger partial charge in [0.1, 0.15) is 6.61 Å². The van der Waals surface area contributed by atoms with E-state index in [1.54, 1.807) is 13.8 Å². The first-order valence-electron chi connectivity index (χ1n) is 5.05. The molecule has 14 heavy (non-hydrogen) atoms. The summed E-state index contributed by atoms with van der Waals surface area (Å²) in [6, 6.07) is 0. The first kappa shape index (κ1) is 11.5. The molecule has 0 aromatic heterocycles. The van der Waals surface area contributed by atoms with Crippen LogP contribution in [0.5, 0.6) is 0 Å². The van der Waals surface area contributed by atoms with Crippen LogP contribution in [-0.4, -0.2) is 31.8 Å². The van der Waals surface area contributed by atoms with Gasteiger partial charge in [0, 0.05) is 13.2 Å². The number of esters is 1. The van der Waals surface area contributed by atoms with Gasteiger partial charge in [-0.1, -0.05) is 0 Å². The molecule has 4 nitrogen and oxygen atoms in total. The van der Waals surface area contributed by atoms with E-state index in [-0.39, 0.29) is 12.1 Å². The lowest BCUT2D eigenvalue weighted by molar-refractivity contribution is -0.156. The molecular weight excluding hydrogens is 182 g/mol. The third-order valence-corrected chi connectivity index (χ3v) is 2.49. The average Bonchev–Trinajstić information content (AvgIpc) is 2.66. The lowest BCUT2D eigenvalue weighted by atomic mass is 9.94. The minimum Gasteiger partial charge on any atom is -0.462 e. The summed E-state index contributed by atoms with van der Waals surface area (Å²) >= 11 is 0. The highest BCUT2D eigenvalue weighted by Crippen LogP contribution is 2.17. The fourth-order valence-electron chi connectivity index (χ4n) is 1.22. The lowest BCUT2D eigenvalue weighted by Crippen LogP contribution is -2.35. The molecule has 1 fully saturated rings. The monoisotopic (exact) mass is 201 g/mol. The number of nitrogens with two attached hydrogens (primary N) is 1. The van der Waals surface area contributed by atoms with Crippen LogP contribution >= 0.6 is 0 Å². The van der Waals surface area contributed by atoms with Crippen molar-refractivity contribution < 1.29 is 14.3 Å². The van der Waals surface area contributed by atoms with Crippen LogP contribution in [0.1, 0.15) is 26.7 Å². The van der Waals surface area contributed by atoms with Gasteiger partial charge in [0.25, 0.3) is 0 Å². The fraction of sp³-hybridized carbons (Fsp3) is 0.900. The molecule has 0 aliphatic carbocycles. The predicted molar refractivity (Wildman–Crippen MR) is 52.8 cm³/mol. The van der Waals surface area contributed by atoms with Crippen LogP contribution in [0.4, 0.5) is 0 Å². The predicted octanol–water partition coefficient (Wildman–Crippen LogP) is 0.693. The van der Waals surface area contributed by atoms with Crippen molar-refractivity contribution in [1.29, 1.82) is 0 Å². The minimum absolute atomic E-state index is 0.0903.